The van der Waals surface area contributed by atoms with Gasteiger partial charge in [-0.3, -0.25) is 0 Å². The van der Waals surface area contributed by atoms with Crippen LogP contribution in [0.25, 0.3) is 11.0 Å². The summed E-state index contributed by atoms with van der Waals surface area (Å²) in [6.07, 6.45) is 0. The average molecular weight is 237 g/mol. The van der Waals surface area contributed by atoms with Crippen molar-refractivity contribution >= 4 is 18.7 Å². The summed E-state index contributed by atoms with van der Waals surface area (Å²) in [5, 5.41) is 0. The lowest BCUT2D eigenvalue weighted by atomic mass is 10.3. The second kappa shape index (κ2) is 4.83. The average Bonchev–Trinajstić information content (AvgIpc) is 2.82. The third-order valence-corrected chi connectivity index (χ3v) is 2.45. The van der Waals surface area contributed by atoms with E-state index in [0.29, 0.717) is 11.8 Å². The molecule has 0 fully saturated rings. The normalized spacial score (nSPS) is 10.2. The minimum absolute atomic E-state index is 0.409. The van der Waals surface area contributed by atoms with Crippen molar-refractivity contribution in [2.75, 3.05) is 0 Å². The Labute approximate surface area is 105 Å². The molecule has 87 valence electrons. The second-order valence-corrected chi connectivity index (χ2v) is 3.70. The zero-order valence-corrected chi connectivity index (χ0v) is 9.54. The van der Waals surface area contributed by atoms with Gasteiger partial charge in [0.15, 0.2) is 0 Å². The number of fused-ring (bicyclic) bond motifs is 1. The van der Waals surface area contributed by atoms with Crippen LogP contribution in [0.15, 0.2) is 54.6 Å². The summed E-state index contributed by atoms with van der Waals surface area (Å²) >= 11 is 0. The van der Waals surface area contributed by atoms with E-state index in [4.69, 9.17) is 9.31 Å². The van der Waals surface area contributed by atoms with Crippen molar-refractivity contribution in [2.24, 2.45) is 0 Å². The first-order valence-electron chi connectivity index (χ1n) is 5.56. The largest absolute Gasteiger partial charge is 0.660 e. The first kappa shape index (κ1) is 10.7. The Bertz CT molecular complexity index is 607. The van der Waals surface area contributed by atoms with Crippen LogP contribution in [0.2, 0.25) is 0 Å². The molecule has 0 amide bonds. The minimum atomic E-state index is 0.409. The van der Waals surface area contributed by atoms with Crippen LogP contribution in [0.4, 0.5) is 0 Å². The Morgan fingerprint density at radius 1 is 0.889 bits per heavy atom. The summed E-state index contributed by atoms with van der Waals surface area (Å²) < 4.78 is 10.6. The molecule has 0 unspecified atom stereocenters. The van der Waals surface area contributed by atoms with Crippen molar-refractivity contribution in [2.45, 2.75) is 0 Å². The fourth-order valence-electron chi connectivity index (χ4n) is 1.61. The van der Waals surface area contributed by atoms with Crippen molar-refractivity contribution in [1.29, 1.82) is 0 Å². The van der Waals surface area contributed by atoms with E-state index >= 15 is 0 Å². The molecule has 1 aromatic heterocycles. The Balaban J connectivity index is 1.63. The molecule has 5 heteroatoms. The van der Waals surface area contributed by atoms with Gasteiger partial charge in [0, 0.05) is 0 Å². The fraction of sp³-hybridized carbons (Fsp3) is 0. The summed E-state index contributed by atoms with van der Waals surface area (Å²) in [4.78, 5) is 7.29. The summed E-state index contributed by atoms with van der Waals surface area (Å²) in [5.41, 5.74) is 1.79. The molecule has 3 aromatic rings. The number of para-hydroxylation sites is 3. The van der Waals surface area contributed by atoms with Gasteiger partial charge in [-0.2, -0.15) is 4.98 Å². The highest BCUT2D eigenvalue weighted by Crippen LogP contribution is 2.15. The van der Waals surface area contributed by atoms with Gasteiger partial charge in [-0.25, -0.2) is 0 Å². The Morgan fingerprint density at radius 3 is 2.50 bits per heavy atom. The maximum atomic E-state index is 5.30. The number of rotatable bonds is 4. The molecule has 2 aromatic carbocycles. The van der Waals surface area contributed by atoms with Gasteiger partial charge in [0.05, 0.1) is 11.0 Å². The van der Waals surface area contributed by atoms with E-state index in [0.717, 1.165) is 11.0 Å². The summed E-state index contributed by atoms with van der Waals surface area (Å²) in [6.45, 7) is 0. The van der Waals surface area contributed by atoms with Crippen LogP contribution in [0.5, 0.6) is 11.8 Å². The highest BCUT2D eigenvalue weighted by molar-refractivity contribution is 6.20. The van der Waals surface area contributed by atoms with Gasteiger partial charge in [-0.15, -0.1) is 0 Å². The number of H-pyrrole nitrogens is 1. The van der Waals surface area contributed by atoms with E-state index < -0.39 is 0 Å². The lowest BCUT2D eigenvalue weighted by Crippen LogP contribution is -2.11. The number of aromatic nitrogens is 2. The van der Waals surface area contributed by atoms with E-state index in [1.807, 2.05) is 54.6 Å². The zero-order chi connectivity index (χ0) is 12.2. The van der Waals surface area contributed by atoms with Gasteiger partial charge in [-0.05, 0) is 24.3 Å². The molecule has 1 heterocycles. The van der Waals surface area contributed by atoms with E-state index in [-0.39, 0.29) is 0 Å². The lowest BCUT2D eigenvalue weighted by Gasteiger charge is -2.02. The van der Waals surface area contributed by atoms with Crippen LogP contribution >= 0.6 is 0 Å². The Morgan fingerprint density at radius 2 is 1.67 bits per heavy atom. The summed E-state index contributed by atoms with van der Waals surface area (Å²) in [6, 6.07) is 17.5. The van der Waals surface area contributed by atoms with Crippen LogP contribution in [0, 0.1) is 0 Å². The second-order valence-electron chi connectivity index (χ2n) is 3.70. The number of imidazole rings is 1. The van der Waals surface area contributed by atoms with Crippen molar-refractivity contribution in [3.63, 3.8) is 0 Å². The maximum absolute atomic E-state index is 5.30. The van der Waals surface area contributed by atoms with E-state index in [1.165, 1.54) is 7.69 Å². The molecule has 4 nitrogen and oxygen atoms in total. The lowest BCUT2D eigenvalue weighted by molar-refractivity contribution is 0.440. The number of hydrogen-bond donors (Lipinski definition) is 1. The van der Waals surface area contributed by atoms with E-state index in [2.05, 4.69) is 9.97 Å². The molecule has 0 aliphatic rings. The molecule has 0 spiro atoms. The molecule has 0 bridgehead atoms. The molecular weight excluding hydrogens is 227 g/mol. The van der Waals surface area contributed by atoms with Gasteiger partial charge in [0.2, 0.25) is 0 Å². The summed E-state index contributed by atoms with van der Waals surface area (Å²) in [5.74, 6) is 0.716. The third kappa shape index (κ3) is 2.30. The number of aromatic amines is 1. The molecular formula is C13H10BN2O2. The van der Waals surface area contributed by atoms with Gasteiger partial charge < -0.3 is 14.3 Å². The van der Waals surface area contributed by atoms with Gasteiger partial charge in [0.25, 0.3) is 6.01 Å². The topological polar surface area (TPSA) is 47.1 Å². The molecule has 0 atom stereocenters. The number of hydrogen-bond acceptors (Lipinski definition) is 3. The number of nitrogens with one attached hydrogen (secondary N) is 1. The molecule has 0 aliphatic carbocycles. The van der Waals surface area contributed by atoms with Crippen molar-refractivity contribution in [1.82, 2.24) is 9.97 Å². The monoisotopic (exact) mass is 237 g/mol. The molecule has 18 heavy (non-hydrogen) atoms. The van der Waals surface area contributed by atoms with Crippen LogP contribution < -0.4 is 9.31 Å². The Hall–Kier alpha value is -2.43. The molecule has 0 saturated heterocycles. The highest BCUT2D eigenvalue weighted by Gasteiger charge is 2.05. The first-order valence-corrected chi connectivity index (χ1v) is 5.56. The van der Waals surface area contributed by atoms with Crippen molar-refractivity contribution < 1.29 is 9.31 Å². The smallest absolute Gasteiger partial charge is 0.526 e. The van der Waals surface area contributed by atoms with Crippen LogP contribution in [0.1, 0.15) is 0 Å². The van der Waals surface area contributed by atoms with Crippen LogP contribution in [-0.2, 0) is 0 Å². The molecule has 1 radical (unpaired) electrons. The van der Waals surface area contributed by atoms with E-state index in [1.54, 1.807) is 0 Å². The predicted octanol–water partition coefficient (Wildman–Crippen LogP) is 2.55. The highest BCUT2D eigenvalue weighted by atomic mass is 16.6. The molecule has 3 rings (SSSR count). The Kier molecular flexibility index (Phi) is 2.88. The van der Waals surface area contributed by atoms with Gasteiger partial charge >= 0.3 is 7.69 Å². The predicted molar refractivity (Wildman–Crippen MR) is 69.5 cm³/mol. The van der Waals surface area contributed by atoms with Gasteiger partial charge in [-0.1, -0.05) is 30.3 Å². The SMILES string of the molecule is [B](Oc1ccccc1)Oc1nc2ccccc2[nH]1. The van der Waals surface area contributed by atoms with Crippen LogP contribution in [0.3, 0.4) is 0 Å². The van der Waals surface area contributed by atoms with E-state index in [9.17, 15) is 0 Å². The van der Waals surface area contributed by atoms with Crippen molar-refractivity contribution in [3.8, 4) is 11.8 Å². The third-order valence-electron chi connectivity index (χ3n) is 2.45. The van der Waals surface area contributed by atoms with Crippen molar-refractivity contribution in [3.05, 3.63) is 54.6 Å². The molecule has 1 N–H and O–H groups in total. The fourth-order valence-corrected chi connectivity index (χ4v) is 1.61. The van der Waals surface area contributed by atoms with Crippen LogP contribution in [-0.4, -0.2) is 17.7 Å². The van der Waals surface area contributed by atoms with Gasteiger partial charge in [0.1, 0.15) is 5.75 Å². The number of nitrogens with zero attached hydrogens (tertiary/aromatic N) is 1. The maximum Gasteiger partial charge on any atom is 0.660 e. The standard InChI is InChI=1S/C13H10BN2O2/c1-2-6-10(7-3-1)17-14-18-13-15-11-8-4-5-9-12(11)16-13/h1-9H,(H,15,16). The first-order chi connectivity index (χ1) is 8.92. The molecule has 0 aliphatic heterocycles. The summed E-state index contributed by atoms with van der Waals surface area (Å²) in [7, 11) is 1.26. The molecule has 0 saturated carbocycles. The number of benzene rings is 2. The minimum Gasteiger partial charge on any atom is -0.526 e. The zero-order valence-electron chi connectivity index (χ0n) is 9.54. The quantitative estimate of drug-likeness (QED) is 0.709.